The van der Waals surface area contributed by atoms with Crippen molar-refractivity contribution in [2.45, 2.75) is 58.4 Å². The third-order valence-electron chi connectivity index (χ3n) is 8.08. The number of amides is 1. The van der Waals surface area contributed by atoms with E-state index in [2.05, 4.69) is 32.0 Å². The summed E-state index contributed by atoms with van der Waals surface area (Å²) in [5.41, 5.74) is 6.18. The average molecular weight is 434 g/mol. The van der Waals surface area contributed by atoms with E-state index in [0.717, 1.165) is 54.6 Å². The standard InChI is InChI=1S/C24H31N7O/c1-14(31-7-5-4-6-8-31)23(32)30(3)16-10-18-21(25-13-16)27-22(26-18)20-17-9-15-11-24(15,2)12-19(17)28-29-20/h10,13-15H,4-9,11-12H2,1-3H3,(H,28,29)(H,25,26,27)/t14-,15-,24-/m1/s1. The Hall–Kier alpha value is -2.74. The predicted molar refractivity (Wildman–Crippen MR) is 123 cm³/mol. The maximum atomic E-state index is 13.1. The number of hydrogen-bond acceptors (Lipinski definition) is 5. The summed E-state index contributed by atoms with van der Waals surface area (Å²) >= 11 is 0. The van der Waals surface area contributed by atoms with Crippen LogP contribution in [0.15, 0.2) is 12.3 Å². The minimum atomic E-state index is -0.128. The second kappa shape index (κ2) is 7.13. The Kier molecular flexibility index (Phi) is 4.44. The molecule has 1 saturated carbocycles. The number of carbonyl (C=O) groups is 1. The Bertz CT molecular complexity index is 1190. The fraction of sp³-hybridized carbons (Fsp3) is 0.583. The number of aromatic amines is 2. The largest absolute Gasteiger partial charge is 0.335 e. The third-order valence-corrected chi connectivity index (χ3v) is 8.08. The lowest BCUT2D eigenvalue weighted by atomic mass is 9.88. The van der Waals surface area contributed by atoms with E-state index >= 15 is 0 Å². The first-order valence-corrected chi connectivity index (χ1v) is 11.9. The van der Waals surface area contributed by atoms with Crippen molar-refractivity contribution in [2.24, 2.45) is 11.3 Å². The van der Waals surface area contributed by atoms with Crippen molar-refractivity contribution in [2.75, 3.05) is 25.0 Å². The number of nitrogens with zero attached hydrogens (tertiary/aromatic N) is 5. The molecule has 3 aliphatic rings. The molecular weight excluding hydrogens is 402 g/mol. The quantitative estimate of drug-likeness (QED) is 0.658. The number of H-pyrrole nitrogens is 2. The normalized spacial score (nSPS) is 25.9. The van der Waals surface area contributed by atoms with Gasteiger partial charge in [0, 0.05) is 18.3 Å². The summed E-state index contributed by atoms with van der Waals surface area (Å²) in [7, 11) is 1.83. The zero-order valence-corrected chi connectivity index (χ0v) is 19.1. The molecule has 8 nitrogen and oxygen atoms in total. The third kappa shape index (κ3) is 3.15. The van der Waals surface area contributed by atoms with Crippen LogP contribution in [0.5, 0.6) is 0 Å². The minimum absolute atomic E-state index is 0.0987. The number of carbonyl (C=O) groups excluding carboxylic acids is 1. The van der Waals surface area contributed by atoms with Gasteiger partial charge in [-0.1, -0.05) is 13.3 Å². The Morgan fingerprint density at radius 3 is 2.94 bits per heavy atom. The second-order valence-corrected chi connectivity index (χ2v) is 10.3. The maximum absolute atomic E-state index is 13.1. The number of nitrogens with one attached hydrogen (secondary N) is 2. The van der Waals surface area contributed by atoms with Crippen LogP contribution in [0.1, 0.15) is 50.8 Å². The van der Waals surface area contributed by atoms with Crippen molar-refractivity contribution >= 4 is 22.8 Å². The Balaban J connectivity index is 1.25. The van der Waals surface area contributed by atoms with Gasteiger partial charge in [0.2, 0.25) is 5.91 Å². The smallest absolute Gasteiger partial charge is 0.243 e. The fourth-order valence-corrected chi connectivity index (χ4v) is 5.71. The number of piperidine rings is 1. The molecule has 0 spiro atoms. The molecule has 0 aromatic carbocycles. The van der Waals surface area contributed by atoms with Crippen LogP contribution in [0.3, 0.4) is 0 Å². The van der Waals surface area contributed by atoms with E-state index in [1.54, 1.807) is 11.1 Å². The van der Waals surface area contributed by atoms with Gasteiger partial charge in [-0.25, -0.2) is 9.97 Å². The Morgan fingerprint density at radius 2 is 2.12 bits per heavy atom. The molecule has 0 radical (unpaired) electrons. The molecule has 8 heteroatoms. The molecule has 2 fully saturated rings. The van der Waals surface area contributed by atoms with Crippen LogP contribution in [0.2, 0.25) is 0 Å². The van der Waals surface area contributed by atoms with Crippen molar-refractivity contribution in [3.05, 3.63) is 23.5 Å². The molecule has 0 unspecified atom stereocenters. The van der Waals surface area contributed by atoms with Gasteiger partial charge in [0.15, 0.2) is 11.5 Å². The summed E-state index contributed by atoms with van der Waals surface area (Å²) in [6.07, 6.45) is 8.78. The molecule has 3 atom stereocenters. The molecule has 2 N–H and O–H groups in total. The van der Waals surface area contributed by atoms with Gasteiger partial charge in [0.25, 0.3) is 0 Å². The van der Waals surface area contributed by atoms with E-state index < -0.39 is 0 Å². The highest BCUT2D eigenvalue weighted by Gasteiger charge is 2.53. The lowest BCUT2D eigenvalue weighted by molar-refractivity contribution is -0.123. The molecule has 1 aliphatic heterocycles. The number of likely N-dealkylation sites (N-methyl/N-ethyl adjacent to an activating group) is 1. The monoisotopic (exact) mass is 433 g/mol. The van der Waals surface area contributed by atoms with Crippen molar-refractivity contribution in [3.63, 3.8) is 0 Å². The van der Waals surface area contributed by atoms with Crippen molar-refractivity contribution in [3.8, 4) is 11.5 Å². The first kappa shape index (κ1) is 19.9. The van der Waals surface area contributed by atoms with Crippen LogP contribution in [-0.4, -0.2) is 62.1 Å². The number of anilines is 1. The maximum Gasteiger partial charge on any atom is 0.243 e. The van der Waals surface area contributed by atoms with Crippen LogP contribution in [0, 0.1) is 11.3 Å². The van der Waals surface area contributed by atoms with Crippen molar-refractivity contribution in [1.29, 1.82) is 0 Å². The van der Waals surface area contributed by atoms with E-state index in [-0.39, 0.29) is 11.9 Å². The predicted octanol–water partition coefficient (Wildman–Crippen LogP) is 3.31. The summed E-state index contributed by atoms with van der Waals surface area (Å²) in [4.78, 5) is 29.8. The molecule has 1 saturated heterocycles. The van der Waals surface area contributed by atoms with Gasteiger partial charge in [-0.2, -0.15) is 5.10 Å². The van der Waals surface area contributed by atoms with Gasteiger partial charge in [0.05, 0.1) is 23.4 Å². The van der Waals surface area contributed by atoms with Gasteiger partial charge in [-0.15, -0.1) is 0 Å². The van der Waals surface area contributed by atoms with E-state index in [1.165, 1.54) is 36.9 Å². The SMILES string of the molecule is C[C@H](C(=O)N(C)c1cnc2nc(-c3n[nH]c4c3C[C@@H]3C[C@]3(C)C4)[nH]c2c1)N1CCCCC1. The summed E-state index contributed by atoms with van der Waals surface area (Å²) in [5.74, 6) is 1.62. The van der Waals surface area contributed by atoms with Crippen LogP contribution >= 0.6 is 0 Å². The average Bonchev–Trinajstić information content (AvgIpc) is 3.11. The van der Waals surface area contributed by atoms with E-state index in [1.807, 2.05) is 20.0 Å². The van der Waals surface area contributed by atoms with Crippen LogP contribution < -0.4 is 4.90 Å². The first-order chi connectivity index (χ1) is 15.4. The topological polar surface area (TPSA) is 93.8 Å². The molecule has 3 aromatic heterocycles. The highest BCUT2D eigenvalue weighted by atomic mass is 16.2. The molecule has 168 valence electrons. The lowest BCUT2D eigenvalue weighted by Gasteiger charge is -2.33. The van der Waals surface area contributed by atoms with E-state index in [0.29, 0.717) is 11.1 Å². The zero-order valence-electron chi connectivity index (χ0n) is 19.1. The molecule has 6 rings (SSSR count). The van der Waals surface area contributed by atoms with Crippen LogP contribution in [-0.2, 0) is 17.6 Å². The van der Waals surface area contributed by atoms with E-state index in [9.17, 15) is 4.79 Å². The zero-order chi connectivity index (χ0) is 22.0. The molecule has 32 heavy (non-hydrogen) atoms. The number of rotatable bonds is 4. The van der Waals surface area contributed by atoms with Crippen molar-refractivity contribution in [1.82, 2.24) is 30.0 Å². The van der Waals surface area contributed by atoms with Gasteiger partial charge in [0.1, 0.15) is 5.69 Å². The van der Waals surface area contributed by atoms with Gasteiger partial charge >= 0.3 is 0 Å². The highest BCUT2D eigenvalue weighted by molar-refractivity contribution is 5.97. The molecule has 1 amide bonds. The number of likely N-dealkylation sites (tertiary alicyclic amines) is 1. The summed E-state index contributed by atoms with van der Waals surface area (Å²) in [6, 6.07) is 1.84. The molecule has 4 heterocycles. The summed E-state index contributed by atoms with van der Waals surface area (Å²) in [6.45, 7) is 6.37. The van der Waals surface area contributed by atoms with Crippen LogP contribution in [0.25, 0.3) is 22.7 Å². The van der Waals surface area contributed by atoms with Gasteiger partial charge < -0.3 is 9.88 Å². The number of pyridine rings is 1. The Morgan fingerprint density at radius 1 is 1.31 bits per heavy atom. The van der Waals surface area contributed by atoms with Gasteiger partial charge in [-0.05, 0) is 69.5 Å². The molecule has 3 aromatic rings. The number of aromatic nitrogens is 5. The Labute approximate surface area is 187 Å². The highest BCUT2D eigenvalue weighted by Crippen LogP contribution is 2.59. The second-order valence-electron chi connectivity index (χ2n) is 10.3. The number of hydrogen-bond donors (Lipinski definition) is 2. The fourth-order valence-electron chi connectivity index (χ4n) is 5.71. The molecular formula is C24H31N7O. The van der Waals surface area contributed by atoms with Crippen molar-refractivity contribution < 1.29 is 4.79 Å². The number of imidazole rings is 1. The van der Waals surface area contributed by atoms with Gasteiger partial charge in [-0.3, -0.25) is 14.8 Å². The first-order valence-electron chi connectivity index (χ1n) is 11.9. The summed E-state index contributed by atoms with van der Waals surface area (Å²) in [5, 5.41) is 7.85. The lowest BCUT2D eigenvalue weighted by Crippen LogP contribution is -2.47. The molecule has 2 aliphatic carbocycles. The minimum Gasteiger partial charge on any atom is -0.335 e. The van der Waals surface area contributed by atoms with E-state index in [4.69, 9.17) is 4.98 Å². The summed E-state index contributed by atoms with van der Waals surface area (Å²) < 4.78 is 0. The molecule has 0 bridgehead atoms. The van der Waals surface area contributed by atoms with Crippen LogP contribution in [0.4, 0.5) is 5.69 Å². The number of fused-ring (bicyclic) bond motifs is 3.